The summed E-state index contributed by atoms with van der Waals surface area (Å²) in [6, 6.07) is 14.9. The molecule has 0 spiro atoms. The van der Waals surface area contributed by atoms with Crippen LogP contribution in [0.15, 0.2) is 53.3 Å². The Morgan fingerprint density at radius 1 is 1.19 bits per heavy atom. The summed E-state index contributed by atoms with van der Waals surface area (Å²) in [6.07, 6.45) is 0. The van der Waals surface area contributed by atoms with Crippen LogP contribution in [-0.2, 0) is 11.4 Å². The number of para-hydroxylation sites is 1. The normalized spacial score (nSPS) is 20.4. The van der Waals surface area contributed by atoms with Gasteiger partial charge in [-0.15, -0.1) is 0 Å². The monoisotopic (exact) mass is 364 g/mol. The number of hydrogen-bond donors (Lipinski definition) is 2. The van der Waals surface area contributed by atoms with Crippen LogP contribution in [0.1, 0.15) is 31.2 Å². The van der Waals surface area contributed by atoms with Gasteiger partial charge in [-0.2, -0.15) is 0 Å². The van der Waals surface area contributed by atoms with Crippen molar-refractivity contribution < 1.29 is 14.6 Å². The fraction of sp³-hybridized carbons (Fsp3) is 0.286. The highest BCUT2D eigenvalue weighted by Crippen LogP contribution is 2.63. The Hall–Kier alpha value is -3.15. The largest absolute Gasteiger partial charge is 0.487 e. The summed E-state index contributed by atoms with van der Waals surface area (Å²) in [7, 11) is 0. The molecule has 6 nitrogen and oxygen atoms in total. The Bertz CT molecular complexity index is 1070. The minimum absolute atomic E-state index is 0.285. The van der Waals surface area contributed by atoms with Gasteiger partial charge in [0.2, 0.25) is 0 Å². The number of hydrogen-bond acceptors (Lipinski definition) is 4. The van der Waals surface area contributed by atoms with Crippen LogP contribution in [0.2, 0.25) is 0 Å². The van der Waals surface area contributed by atoms with Gasteiger partial charge in [0.05, 0.1) is 11.3 Å². The van der Waals surface area contributed by atoms with Gasteiger partial charge >= 0.3 is 5.97 Å². The maximum absolute atomic E-state index is 12.5. The van der Waals surface area contributed by atoms with Crippen LogP contribution >= 0.6 is 0 Å². The van der Waals surface area contributed by atoms with Crippen molar-refractivity contribution in [1.82, 2.24) is 9.97 Å². The highest BCUT2D eigenvalue weighted by Gasteiger charge is 2.64. The van der Waals surface area contributed by atoms with E-state index in [-0.39, 0.29) is 11.5 Å². The number of carboxylic acid groups (broad SMARTS) is 1. The number of nitrogens with one attached hydrogen (secondary N) is 1. The Morgan fingerprint density at radius 3 is 2.59 bits per heavy atom. The summed E-state index contributed by atoms with van der Waals surface area (Å²) in [5.41, 5.74) is 0.731. The summed E-state index contributed by atoms with van der Waals surface area (Å²) in [6.45, 7) is 4.10. The SMILES string of the molecule is CC1(C)C(C(=O)O)C1c1nc2c(OCc3ccccc3)cccc2c(=O)[nH]1. The van der Waals surface area contributed by atoms with Crippen molar-refractivity contribution in [1.29, 1.82) is 0 Å². The molecule has 1 aliphatic rings. The summed E-state index contributed by atoms with van der Waals surface area (Å²) >= 11 is 0. The number of aliphatic carboxylic acids is 1. The van der Waals surface area contributed by atoms with E-state index in [1.54, 1.807) is 18.2 Å². The van der Waals surface area contributed by atoms with Gasteiger partial charge in [0.25, 0.3) is 5.56 Å². The molecule has 0 aliphatic heterocycles. The average Bonchev–Trinajstić information content (AvgIpc) is 3.23. The minimum atomic E-state index is -0.874. The number of benzene rings is 2. The average molecular weight is 364 g/mol. The zero-order valence-corrected chi connectivity index (χ0v) is 15.1. The van der Waals surface area contributed by atoms with Gasteiger partial charge in [0.1, 0.15) is 23.7 Å². The van der Waals surface area contributed by atoms with E-state index >= 15 is 0 Å². The van der Waals surface area contributed by atoms with Gasteiger partial charge in [0.15, 0.2) is 0 Å². The third-order valence-electron chi connectivity index (χ3n) is 5.34. The van der Waals surface area contributed by atoms with Crippen LogP contribution in [0.4, 0.5) is 0 Å². The first-order valence-electron chi connectivity index (χ1n) is 8.82. The molecule has 2 atom stereocenters. The van der Waals surface area contributed by atoms with Crippen LogP contribution in [-0.4, -0.2) is 21.0 Å². The Labute approximate surface area is 155 Å². The number of carboxylic acids is 1. The van der Waals surface area contributed by atoms with E-state index in [9.17, 15) is 14.7 Å². The fourth-order valence-corrected chi connectivity index (χ4v) is 3.76. The second kappa shape index (κ2) is 6.23. The van der Waals surface area contributed by atoms with Crippen molar-refractivity contribution in [2.75, 3.05) is 0 Å². The highest BCUT2D eigenvalue weighted by molar-refractivity contribution is 5.84. The van der Waals surface area contributed by atoms with Crippen LogP contribution in [0, 0.1) is 11.3 Å². The molecule has 27 heavy (non-hydrogen) atoms. The summed E-state index contributed by atoms with van der Waals surface area (Å²) in [4.78, 5) is 31.4. The molecule has 138 valence electrons. The first kappa shape index (κ1) is 17.3. The van der Waals surface area contributed by atoms with Gasteiger partial charge in [-0.25, -0.2) is 4.98 Å². The van der Waals surface area contributed by atoms with Crippen molar-refractivity contribution in [3.05, 3.63) is 70.3 Å². The van der Waals surface area contributed by atoms with Crippen molar-refractivity contribution >= 4 is 16.9 Å². The van der Waals surface area contributed by atoms with Gasteiger partial charge < -0.3 is 14.8 Å². The summed E-state index contributed by atoms with van der Waals surface area (Å²) in [5, 5.41) is 9.85. The lowest BCUT2D eigenvalue weighted by Gasteiger charge is -2.10. The van der Waals surface area contributed by atoms with Crippen molar-refractivity contribution in [3.63, 3.8) is 0 Å². The molecule has 6 heteroatoms. The standard InChI is InChI=1S/C21H20N2O4/c1-21(2)15(16(21)20(25)26)18-22-17-13(19(24)23-18)9-6-10-14(17)27-11-12-7-4-3-5-8-12/h3-10,15-16H,11H2,1-2H3,(H,25,26)(H,22,23,24). The molecule has 1 aliphatic carbocycles. The molecule has 0 amide bonds. The molecule has 4 rings (SSSR count). The fourth-order valence-electron chi connectivity index (χ4n) is 3.76. The number of aromatic nitrogens is 2. The Kier molecular flexibility index (Phi) is 3.98. The molecular weight excluding hydrogens is 344 g/mol. The highest BCUT2D eigenvalue weighted by atomic mass is 16.5. The van der Waals surface area contributed by atoms with E-state index in [1.807, 2.05) is 44.2 Å². The number of carbonyl (C=O) groups is 1. The first-order chi connectivity index (χ1) is 12.9. The smallest absolute Gasteiger partial charge is 0.307 e. The minimum Gasteiger partial charge on any atom is -0.487 e. The topological polar surface area (TPSA) is 92.3 Å². The number of ether oxygens (including phenoxy) is 1. The molecule has 1 saturated carbocycles. The molecule has 2 unspecified atom stereocenters. The maximum atomic E-state index is 12.5. The summed E-state index contributed by atoms with van der Waals surface area (Å²) < 4.78 is 5.91. The van der Waals surface area contributed by atoms with Crippen LogP contribution in [0.25, 0.3) is 10.9 Å². The van der Waals surface area contributed by atoms with Gasteiger partial charge in [-0.05, 0) is 23.1 Å². The number of H-pyrrole nitrogens is 1. The Morgan fingerprint density at radius 2 is 1.93 bits per heavy atom. The van der Waals surface area contributed by atoms with Crippen LogP contribution in [0.5, 0.6) is 5.75 Å². The third kappa shape index (κ3) is 2.97. The van der Waals surface area contributed by atoms with Gasteiger partial charge in [-0.3, -0.25) is 9.59 Å². The lowest BCUT2D eigenvalue weighted by molar-refractivity contribution is -0.139. The molecule has 0 saturated heterocycles. The molecule has 2 aromatic carbocycles. The number of rotatable bonds is 5. The third-order valence-corrected chi connectivity index (χ3v) is 5.34. The van der Waals surface area contributed by atoms with Gasteiger partial charge in [-0.1, -0.05) is 50.2 Å². The van der Waals surface area contributed by atoms with E-state index in [0.29, 0.717) is 29.1 Å². The molecule has 2 N–H and O–H groups in total. The predicted molar refractivity (Wildman–Crippen MR) is 101 cm³/mol. The zero-order chi connectivity index (χ0) is 19.2. The molecule has 1 fully saturated rings. The van der Waals surface area contributed by atoms with E-state index < -0.39 is 17.3 Å². The molecule has 1 aromatic heterocycles. The number of nitrogens with zero attached hydrogens (tertiary/aromatic N) is 1. The second-order valence-electron chi connectivity index (χ2n) is 7.49. The lowest BCUT2D eigenvalue weighted by atomic mass is 10.1. The molecule has 0 radical (unpaired) electrons. The molecular formula is C21H20N2O4. The van der Waals surface area contributed by atoms with Crippen molar-refractivity contribution in [2.24, 2.45) is 11.3 Å². The van der Waals surface area contributed by atoms with Gasteiger partial charge in [0, 0.05) is 5.92 Å². The predicted octanol–water partition coefficient (Wildman–Crippen LogP) is 3.33. The van der Waals surface area contributed by atoms with Crippen LogP contribution < -0.4 is 10.3 Å². The summed E-state index contributed by atoms with van der Waals surface area (Å²) in [5.74, 6) is -0.846. The zero-order valence-electron chi connectivity index (χ0n) is 15.1. The number of aromatic amines is 1. The van der Waals surface area contributed by atoms with E-state index in [2.05, 4.69) is 9.97 Å². The second-order valence-corrected chi connectivity index (χ2v) is 7.49. The Balaban J connectivity index is 1.73. The molecule has 1 heterocycles. The quantitative estimate of drug-likeness (QED) is 0.724. The molecule has 3 aromatic rings. The van der Waals surface area contributed by atoms with E-state index in [0.717, 1.165) is 5.56 Å². The van der Waals surface area contributed by atoms with Crippen molar-refractivity contribution in [2.45, 2.75) is 26.4 Å². The molecule has 0 bridgehead atoms. The van der Waals surface area contributed by atoms with Crippen molar-refractivity contribution in [3.8, 4) is 5.75 Å². The lowest BCUT2D eigenvalue weighted by Crippen LogP contribution is -2.13. The van der Waals surface area contributed by atoms with E-state index in [4.69, 9.17) is 4.74 Å². The first-order valence-corrected chi connectivity index (χ1v) is 8.82. The van der Waals surface area contributed by atoms with E-state index in [1.165, 1.54) is 0 Å². The maximum Gasteiger partial charge on any atom is 0.307 e. The number of fused-ring (bicyclic) bond motifs is 1. The van der Waals surface area contributed by atoms with Crippen LogP contribution in [0.3, 0.4) is 0 Å².